The molecule has 4 rings (SSSR count). The van der Waals surface area contributed by atoms with Crippen molar-refractivity contribution in [2.24, 2.45) is 0 Å². The topological polar surface area (TPSA) is 89.3 Å². The molecular weight excluding hydrogens is 432 g/mol. The molecule has 0 radical (unpaired) electrons. The van der Waals surface area contributed by atoms with Gasteiger partial charge in [0.05, 0.1) is 10.4 Å². The molecule has 0 atom stereocenters. The second kappa shape index (κ2) is 7.47. The van der Waals surface area contributed by atoms with Gasteiger partial charge in [-0.15, -0.1) is 11.3 Å². The standard InChI is InChI=1S/C20H13ClN2O4S2/c21-13-6-7-17-15(10-13)16(18(24)11-19(25)20-22-8-9-28-20)12-23(17)29(26,27)14-4-2-1-3-5-14/h1-12,24H. The molecule has 0 fully saturated rings. The first-order valence-electron chi connectivity index (χ1n) is 8.34. The quantitative estimate of drug-likeness (QED) is 0.272. The summed E-state index contributed by atoms with van der Waals surface area (Å²) in [7, 11) is -3.92. The largest absolute Gasteiger partial charge is 0.507 e. The van der Waals surface area contributed by atoms with E-state index in [1.165, 1.54) is 24.5 Å². The smallest absolute Gasteiger partial charge is 0.268 e. The molecule has 0 aliphatic carbocycles. The molecule has 9 heteroatoms. The Balaban J connectivity index is 1.90. The monoisotopic (exact) mass is 444 g/mol. The summed E-state index contributed by atoms with van der Waals surface area (Å²) in [5, 5.41) is 13.2. The summed E-state index contributed by atoms with van der Waals surface area (Å²) in [5.74, 6) is -0.856. The Labute approximate surface area is 175 Å². The maximum absolute atomic E-state index is 13.1. The predicted octanol–water partition coefficient (Wildman–Crippen LogP) is 4.77. The molecule has 4 aromatic rings. The number of benzene rings is 2. The third-order valence-electron chi connectivity index (χ3n) is 4.22. The maximum Gasteiger partial charge on any atom is 0.268 e. The molecule has 0 saturated heterocycles. The third kappa shape index (κ3) is 3.57. The Morgan fingerprint density at radius 1 is 1.17 bits per heavy atom. The van der Waals surface area contributed by atoms with Crippen LogP contribution in [0.5, 0.6) is 0 Å². The van der Waals surface area contributed by atoms with E-state index in [9.17, 15) is 18.3 Å². The van der Waals surface area contributed by atoms with Crippen molar-refractivity contribution in [3.63, 3.8) is 0 Å². The van der Waals surface area contributed by atoms with Gasteiger partial charge in [-0.05, 0) is 30.3 Å². The average Bonchev–Trinajstić information content (AvgIpc) is 3.37. The summed E-state index contributed by atoms with van der Waals surface area (Å²) in [6.07, 6.45) is 3.79. The third-order valence-corrected chi connectivity index (χ3v) is 6.93. The van der Waals surface area contributed by atoms with Crippen LogP contribution in [-0.2, 0) is 10.0 Å². The second-order valence-electron chi connectivity index (χ2n) is 6.05. The zero-order valence-corrected chi connectivity index (χ0v) is 17.1. The Morgan fingerprint density at radius 2 is 1.93 bits per heavy atom. The Morgan fingerprint density at radius 3 is 2.62 bits per heavy atom. The van der Waals surface area contributed by atoms with Crippen LogP contribution in [0.25, 0.3) is 16.7 Å². The van der Waals surface area contributed by atoms with Crippen molar-refractivity contribution in [2.75, 3.05) is 0 Å². The molecule has 1 N–H and O–H groups in total. The number of rotatable bonds is 5. The van der Waals surface area contributed by atoms with Gasteiger partial charge in [-0.1, -0.05) is 29.8 Å². The number of carbonyl (C=O) groups is 1. The molecular formula is C20H13ClN2O4S2. The number of aliphatic hydroxyl groups excluding tert-OH is 1. The number of aromatic nitrogens is 2. The van der Waals surface area contributed by atoms with Gasteiger partial charge in [0.25, 0.3) is 10.0 Å². The lowest BCUT2D eigenvalue weighted by molar-refractivity contribution is 0.104. The number of aliphatic hydroxyl groups is 1. The van der Waals surface area contributed by atoms with Gasteiger partial charge in [-0.3, -0.25) is 4.79 Å². The number of hydrogen-bond donors (Lipinski definition) is 1. The van der Waals surface area contributed by atoms with Crippen molar-refractivity contribution < 1.29 is 18.3 Å². The minimum atomic E-state index is -3.92. The van der Waals surface area contributed by atoms with Gasteiger partial charge >= 0.3 is 0 Å². The lowest BCUT2D eigenvalue weighted by Gasteiger charge is -2.07. The number of fused-ring (bicyclic) bond motifs is 1. The Kier molecular flexibility index (Phi) is 4.99. The zero-order chi connectivity index (χ0) is 20.6. The molecule has 0 saturated carbocycles. The van der Waals surface area contributed by atoms with Crippen LogP contribution in [-0.4, -0.2) is 28.3 Å². The van der Waals surface area contributed by atoms with Gasteiger partial charge in [-0.25, -0.2) is 17.4 Å². The normalized spacial score (nSPS) is 12.4. The van der Waals surface area contributed by atoms with E-state index in [0.29, 0.717) is 15.9 Å². The van der Waals surface area contributed by atoms with Crippen LogP contribution in [0.1, 0.15) is 15.4 Å². The van der Waals surface area contributed by atoms with E-state index in [0.717, 1.165) is 21.4 Å². The molecule has 0 amide bonds. The Hall–Kier alpha value is -2.94. The van der Waals surface area contributed by atoms with Crippen molar-refractivity contribution >= 4 is 55.4 Å². The molecule has 0 unspecified atom stereocenters. The minimum Gasteiger partial charge on any atom is -0.507 e. The van der Waals surface area contributed by atoms with Crippen molar-refractivity contribution in [1.29, 1.82) is 0 Å². The number of nitrogens with zero attached hydrogens (tertiary/aromatic N) is 2. The van der Waals surface area contributed by atoms with Crippen LogP contribution in [0.2, 0.25) is 5.02 Å². The van der Waals surface area contributed by atoms with E-state index in [2.05, 4.69) is 4.98 Å². The number of allylic oxidation sites excluding steroid dienone is 1. The first kappa shape index (κ1) is 19.4. The van der Waals surface area contributed by atoms with Crippen molar-refractivity contribution in [3.8, 4) is 0 Å². The first-order chi connectivity index (χ1) is 13.9. The summed E-state index contributed by atoms with van der Waals surface area (Å²) in [6.45, 7) is 0. The SMILES string of the molecule is O=C(C=C(O)c1cn(S(=O)(=O)c2ccccc2)c2ccc(Cl)cc12)c1nccs1. The second-order valence-corrected chi connectivity index (χ2v) is 9.20. The van der Waals surface area contributed by atoms with Crippen LogP contribution in [0.15, 0.2) is 77.3 Å². The van der Waals surface area contributed by atoms with Gasteiger partial charge in [0, 0.05) is 39.8 Å². The summed E-state index contributed by atoms with van der Waals surface area (Å²) in [6, 6.07) is 12.6. The number of halogens is 1. The highest BCUT2D eigenvalue weighted by Crippen LogP contribution is 2.31. The van der Waals surface area contributed by atoms with Crippen LogP contribution >= 0.6 is 22.9 Å². The fraction of sp³-hybridized carbons (Fsp3) is 0. The van der Waals surface area contributed by atoms with Gasteiger partial charge < -0.3 is 5.11 Å². The maximum atomic E-state index is 13.1. The molecule has 2 aromatic heterocycles. The van der Waals surface area contributed by atoms with E-state index in [1.807, 2.05) is 0 Å². The van der Waals surface area contributed by atoms with Crippen molar-refractivity contribution in [3.05, 3.63) is 88.0 Å². The molecule has 0 aliphatic rings. The fourth-order valence-corrected chi connectivity index (χ4v) is 5.00. The van der Waals surface area contributed by atoms with E-state index in [4.69, 9.17) is 11.6 Å². The molecule has 2 heterocycles. The number of thiazole rings is 1. The summed E-state index contributed by atoms with van der Waals surface area (Å²) in [4.78, 5) is 16.3. The highest BCUT2D eigenvalue weighted by Gasteiger charge is 2.23. The zero-order valence-electron chi connectivity index (χ0n) is 14.7. The first-order valence-corrected chi connectivity index (χ1v) is 11.0. The van der Waals surface area contributed by atoms with Crippen LogP contribution in [0.3, 0.4) is 0 Å². The lowest BCUT2D eigenvalue weighted by atomic mass is 10.1. The minimum absolute atomic E-state index is 0.0979. The molecule has 146 valence electrons. The highest BCUT2D eigenvalue weighted by molar-refractivity contribution is 7.90. The van der Waals surface area contributed by atoms with E-state index < -0.39 is 15.8 Å². The number of carbonyl (C=O) groups excluding carboxylic acids is 1. The summed E-state index contributed by atoms with van der Waals surface area (Å²) >= 11 is 7.23. The van der Waals surface area contributed by atoms with Crippen LogP contribution < -0.4 is 0 Å². The molecule has 2 aromatic carbocycles. The molecule has 0 spiro atoms. The summed E-state index contributed by atoms with van der Waals surface area (Å²) in [5.41, 5.74) is 0.502. The predicted molar refractivity (Wildman–Crippen MR) is 113 cm³/mol. The molecule has 0 bridgehead atoms. The highest BCUT2D eigenvalue weighted by atomic mass is 35.5. The number of hydrogen-bond acceptors (Lipinski definition) is 6. The van der Waals surface area contributed by atoms with Gasteiger partial charge in [0.1, 0.15) is 5.76 Å². The van der Waals surface area contributed by atoms with E-state index in [-0.39, 0.29) is 21.2 Å². The van der Waals surface area contributed by atoms with Crippen molar-refractivity contribution in [1.82, 2.24) is 8.96 Å². The molecule has 29 heavy (non-hydrogen) atoms. The van der Waals surface area contributed by atoms with E-state index >= 15 is 0 Å². The molecule has 0 aliphatic heterocycles. The Bertz CT molecular complexity index is 1340. The van der Waals surface area contributed by atoms with E-state index in [1.54, 1.807) is 41.8 Å². The van der Waals surface area contributed by atoms with Crippen LogP contribution in [0, 0.1) is 0 Å². The molecule has 6 nitrogen and oxygen atoms in total. The lowest BCUT2D eigenvalue weighted by Crippen LogP contribution is -2.11. The van der Waals surface area contributed by atoms with Crippen molar-refractivity contribution in [2.45, 2.75) is 4.90 Å². The van der Waals surface area contributed by atoms with Gasteiger partial charge in [0.15, 0.2) is 5.01 Å². The van der Waals surface area contributed by atoms with Gasteiger partial charge in [-0.2, -0.15) is 0 Å². The summed E-state index contributed by atoms with van der Waals surface area (Å²) < 4.78 is 27.3. The fourth-order valence-electron chi connectivity index (χ4n) is 2.89. The number of ketones is 1. The average molecular weight is 445 g/mol. The van der Waals surface area contributed by atoms with Crippen LogP contribution in [0.4, 0.5) is 0 Å². The van der Waals surface area contributed by atoms with Gasteiger partial charge in [0.2, 0.25) is 5.78 Å².